The third-order valence-electron chi connectivity index (χ3n) is 3.25. The largest absolute Gasteiger partial charge is 0.494 e. The minimum atomic E-state index is -0.830. The van der Waals surface area contributed by atoms with Gasteiger partial charge in [0.05, 0.1) is 12.5 Å². The van der Waals surface area contributed by atoms with Crippen molar-refractivity contribution in [3.05, 3.63) is 64.1 Å². The molecule has 0 saturated carbocycles. The summed E-state index contributed by atoms with van der Waals surface area (Å²) in [5.41, 5.74) is 1.69. The van der Waals surface area contributed by atoms with Gasteiger partial charge in [0.25, 0.3) is 0 Å². The number of carboxylic acids is 1. The van der Waals surface area contributed by atoms with E-state index < -0.39 is 11.9 Å². The maximum absolute atomic E-state index is 11.6. The lowest BCUT2D eigenvalue weighted by Crippen LogP contribution is -2.15. The molecule has 1 atom stereocenters. The van der Waals surface area contributed by atoms with Gasteiger partial charge in [0, 0.05) is 4.47 Å². The number of carbonyl (C=O) groups is 1. The van der Waals surface area contributed by atoms with Crippen molar-refractivity contribution < 1.29 is 14.6 Å². The van der Waals surface area contributed by atoms with E-state index >= 15 is 0 Å². The van der Waals surface area contributed by atoms with E-state index in [0.29, 0.717) is 13.0 Å². The molecule has 21 heavy (non-hydrogen) atoms. The second-order valence-corrected chi connectivity index (χ2v) is 5.61. The summed E-state index contributed by atoms with van der Waals surface area (Å²) in [6.07, 6.45) is 0.397. The van der Waals surface area contributed by atoms with Crippen molar-refractivity contribution in [1.82, 2.24) is 0 Å². The minimum Gasteiger partial charge on any atom is -0.494 e. The summed E-state index contributed by atoms with van der Waals surface area (Å²) < 4.78 is 6.51. The number of hydrogen-bond acceptors (Lipinski definition) is 2. The molecular weight excluding hydrogens is 332 g/mol. The Labute approximate surface area is 132 Å². The molecule has 0 saturated heterocycles. The maximum atomic E-state index is 11.6. The van der Waals surface area contributed by atoms with Crippen LogP contribution >= 0.6 is 15.9 Å². The zero-order chi connectivity index (χ0) is 15.2. The van der Waals surface area contributed by atoms with Gasteiger partial charge in [-0.05, 0) is 42.7 Å². The molecule has 1 N–H and O–H groups in total. The van der Waals surface area contributed by atoms with Gasteiger partial charge in [0.2, 0.25) is 0 Å². The smallest absolute Gasteiger partial charge is 0.311 e. The van der Waals surface area contributed by atoms with Crippen molar-refractivity contribution >= 4 is 21.9 Å². The second-order valence-electron chi connectivity index (χ2n) is 4.69. The van der Waals surface area contributed by atoms with E-state index in [4.69, 9.17) is 4.74 Å². The SMILES string of the molecule is CCOc1ccc(Br)cc1CC(C(=O)O)c1ccccc1. The average Bonchev–Trinajstić information content (AvgIpc) is 2.48. The van der Waals surface area contributed by atoms with Gasteiger partial charge in [-0.25, -0.2) is 0 Å². The van der Waals surface area contributed by atoms with E-state index in [1.807, 2.05) is 55.5 Å². The number of ether oxygens (including phenoxy) is 1. The molecular formula is C17H17BrO3. The standard InChI is InChI=1S/C17H17BrO3/c1-2-21-16-9-8-14(18)10-13(16)11-15(17(19)20)12-6-4-3-5-7-12/h3-10,15H,2,11H2,1H3,(H,19,20). The Hall–Kier alpha value is -1.81. The number of hydrogen-bond donors (Lipinski definition) is 1. The fourth-order valence-electron chi connectivity index (χ4n) is 2.26. The van der Waals surface area contributed by atoms with E-state index in [1.54, 1.807) is 0 Å². The Morgan fingerprint density at radius 3 is 2.57 bits per heavy atom. The van der Waals surface area contributed by atoms with Crippen LogP contribution in [0, 0.1) is 0 Å². The van der Waals surface area contributed by atoms with Gasteiger partial charge in [-0.1, -0.05) is 46.3 Å². The second kappa shape index (κ2) is 7.27. The van der Waals surface area contributed by atoms with Crippen molar-refractivity contribution in [2.75, 3.05) is 6.61 Å². The van der Waals surface area contributed by atoms with Crippen molar-refractivity contribution in [1.29, 1.82) is 0 Å². The predicted octanol–water partition coefficient (Wildman–Crippen LogP) is 4.26. The van der Waals surface area contributed by atoms with Crippen molar-refractivity contribution in [3.63, 3.8) is 0 Å². The molecule has 2 aromatic rings. The molecule has 0 aromatic heterocycles. The highest BCUT2D eigenvalue weighted by molar-refractivity contribution is 9.10. The Morgan fingerprint density at radius 2 is 1.95 bits per heavy atom. The summed E-state index contributed by atoms with van der Waals surface area (Å²) in [4.78, 5) is 11.6. The van der Waals surface area contributed by atoms with E-state index in [1.165, 1.54) is 0 Å². The van der Waals surface area contributed by atoms with Crippen LogP contribution in [0.15, 0.2) is 53.0 Å². The Bertz CT molecular complexity index is 611. The molecule has 4 heteroatoms. The molecule has 0 heterocycles. The van der Waals surface area contributed by atoms with Gasteiger partial charge in [-0.15, -0.1) is 0 Å². The Balaban J connectivity index is 2.33. The number of aliphatic carboxylic acids is 1. The van der Waals surface area contributed by atoms with Crippen molar-refractivity contribution in [2.45, 2.75) is 19.3 Å². The number of carboxylic acid groups (broad SMARTS) is 1. The highest BCUT2D eigenvalue weighted by Crippen LogP contribution is 2.29. The number of benzene rings is 2. The van der Waals surface area contributed by atoms with E-state index in [0.717, 1.165) is 21.3 Å². The molecule has 0 amide bonds. The molecule has 0 aliphatic rings. The number of halogens is 1. The topological polar surface area (TPSA) is 46.5 Å². The average molecular weight is 349 g/mol. The van der Waals surface area contributed by atoms with Crippen LogP contribution in [0.5, 0.6) is 5.75 Å². The fourth-order valence-corrected chi connectivity index (χ4v) is 2.67. The van der Waals surface area contributed by atoms with Crippen molar-refractivity contribution in [3.8, 4) is 5.75 Å². The van der Waals surface area contributed by atoms with Gasteiger partial charge in [0.1, 0.15) is 5.75 Å². The van der Waals surface area contributed by atoms with E-state index in [-0.39, 0.29) is 0 Å². The molecule has 0 radical (unpaired) electrons. The fraction of sp³-hybridized carbons (Fsp3) is 0.235. The zero-order valence-electron chi connectivity index (χ0n) is 11.8. The van der Waals surface area contributed by atoms with Crippen LogP contribution in [0.4, 0.5) is 0 Å². The molecule has 0 spiro atoms. The maximum Gasteiger partial charge on any atom is 0.311 e. The van der Waals surface area contributed by atoms with Crippen molar-refractivity contribution in [2.24, 2.45) is 0 Å². The lowest BCUT2D eigenvalue weighted by atomic mass is 9.92. The first-order chi connectivity index (χ1) is 10.1. The first kappa shape index (κ1) is 15.6. The summed E-state index contributed by atoms with van der Waals surface area (Å²) in [6, 6.07) is 15.0. The van der Waals surface area contributed by atoms with Crippen LogP contribution in [0.1, 0.15) is 24.0 Å². The van der Waals surface area contributed by atoms with E-state index in [2.05, 4.69) is 15.9 Å². The zero-order valence-corrected chi connectivity index (χ0v) is 13.3. The minimum absolute atomic E-state index is 0.397. The quantitative estimate of drug-likeness (QED) is 0.848. The molecule has 1 unspecified atom stereocenters. The Morgan fingerprint density at radius 1 is 1.24 bits per heavy atom. The highest BCUT2D eigenvalue weighted by Gasteiger charge is 2.22. The lowest BCUT2D eigenvalue weighted by molar-refractivity contribution is -0.138. The molecule has 0 fully saturated rings. The molecule has 3 nitrogen and oxygen atoms in total. The van der Waals surface area contributed by atoms with Gasteiger partial charge in [-0.2, -0.15) is 0 Å². The monoisotopic (exact) mass is 348 g/mol. The summed E-state index contributed by atoms with van der Waals surface area (Å²) >= 11 is 3.43. The van der Waals surface area contributed by atoms with Gasteiger partial charge in [0.15, 0.2) is 0 Å². The van der Waals surface area contributed by atoms with Crippen LogP contribution in [-0.4, -0.2) is 17.7 Å². The summed E-state index contributed by atoms with van der Waals surface area (Å²) in [5.74, 6) is -0.675. The highest BCUT2D eigenvalue weighted by atomic mass is 79.9. The molecule has 2 rings (SSSR count). The van der Waals surface area contributed by atoms with Crippen LogP contribution < -0.4 is 4.74 Å². The molecule has 0 aliphatic heterocycles. The molecule has 110 valence electrons. The van der Waals surface area contributed by atoms with Crippen LogP contribution in [0.25, 0.3) is 0 Å². The third kappa shape index (κ3) is 4.08. The lowest BCUT2D eigenvalue weighted by Gasteiger charge is -2.16. The predicted molar refractivity (Wildman–Crippen MR) is 85.8 cm³/mol. The van der Waals surface area contributed by atoms with Gasteiger partial charge >= 0.3 is 5.97 Å². The third-order valence-corrected chi connectivity index (χ3v) is 3.74. The van der Waals surface area contributed by atoms with Gasteiger partial charge < -0.3 is 9.84 Å². The summed E-state index contributed by atoms with van der Waals surface area (Å²) in [7, 11) is 0. The first-order valence-electron chi connectivity index (χ1n) is 6.80. The normalized spacial score (nSPS) is 11.9. The Kier molecular flexibility index (Phi) is 5.39. The summed E-state index contributed by atoms with van der Waals surface area (Å²) in [6.45, 7) is 2.47. The van der Waals surface area contributed by atoms with Crippen LogP contribution in [-0.2, 0) is 11.2 Å². The molecule has 0 aliphatic carbocycles. The van der Waals surface area contributed by atoms with Gasteiger partial charge in [-0.3, -0.25) is 4.79 Å². The number of rotatable bonds is 6. The van der Waals surface area contributed by atoms with E-state index in [9.17, 15) is 9.90 Å². The first-order valence-corrected chi connectivity index (χ1v) is 7.60. The molecule has 0 bridgehead atoms. The summed E-state index contributed by atoms with van der Waals surface area (Å²) in [5, 5.41) is 9.53. The van der Waals surface area contributed by atoms with Crippen LogP contribution in [0.3, 0.4) is 0 Å². The molecule has 2 aromatic carbocycles. The van der Waals surface area contributed by atoms with Crippen LogP contribution in [0.2, 0.25) is 0 Å².